The van der Waals surface area contributed by atoms with Crippen molar-refractivity contribution in [3.05, 3.63) is 89.2 Å². The second-order valence-corrected chi connectivity index (χ2v) is 7.16. The number of rotatable bonds is 9. The third kappa shape index (κ3) is 6.21. The van der Waals surface area contributed by atoms with Gasteiger partial charge in [-0.1, -0.05) is 24.3 Å². The van der Waals surface area contributed by atoms with Crippen LogP contribution in [0.15, 0.2) is 67.0 Å². The quantitative estimate of drug-likeness (QED) is 0.458. The molecule has 0 radical (unpaired) electrons. The van der Waals surface area contributed by atoms with E-state index < -0.39 is 11.7 Å². The lowest BCUT2D eigenvalue weighted by molar-refractivity contribution is -0.138. The summed E-state index contributed by atoms with van der Waals surface area (Å²) in [4.78, 5) is 6.03. The van der Waals surface area contributed by atoms with Crippen molar-refractivity contribution in [3.8, 4) is 11.5 Å². The third-order valence-electron chi connectivity index (χ3n) is 5.04. The maximum absolute atomic E-state index is 13.5. The Balaban J connectivity index is 1.81. The van der Waals surface area contributed by atoms with Crippen LogP contribution in [0, 0.1) is 0 Å². The van der Waals surface area contributed by atoms with Gasteiger partial charge < -0.3 is 9.47 Å². The van der Waals surface area contributed by atoms with Gasteiger partial charge in [-0.15, -0.1) is 0 Å². The van der Waals surface area contributed by atoms with Crippen LogP contribution in [0.3, 0.4) is 0 Å². The van der Waals surface area contributed by atoms with Crippen LogP contribution in [-0.2, 0) is 25.7 Å². The van der Waals surface area contributed by atoms with Crippen LogP contribution in [0.1, 0.15) is 22.3 Å². The van der Waals surface area contributed by atoms with Gasteiger partial charge in [0.2, 0.25) is 0 Å². The summed E-state index contributed by atoms with van der Waals surface area (Å²) >= 11 is 0. The molecule has 4 nitrogen and oxygen atoms in total. The third-order valence-corrected chi connectivity index (χ3v) is 5.04. The van der Waals surface area contributed by atoms with E-state index >= 15 is 0 Å². The summed E-state index contributed by atoms with van der Waals surface area (Å²) in [5.41, 5.74) is 1.67. The van der Waals surface area contributed by atoms with Gasteiger partial charge >= 0.3 is 6.18 Å². The number of hydrogen-bond donors (Lipinski definition) is 0. The lowest BCUT2D eigenvalue weighted by Crippen LogP contribution is -2.26. The van der Waals surface area contributed by atoms with Crippen LogP contribution < -0.4 is 9.47 Å². The Morgan fingerprint density at radius 2 is 1.55 bits per heavy atom. The molecule has 2 aromatic carbocycles. The molecule has 0 N–H and O–H groups in total. The Morgan fingerprint density at radius 3 is 2.23 bits per heavy atom. The molecule has 0 aliphatic rings. The zero-order chi connectivity index (χ0) is 22.3. The number of methoxy groups -OCH3 is 2. The highest BCUT2D eigenvalue weighted by Gasteiger charge is 2.33. The second kappa shape index (κ2) is 10.3. The fourth-order valence-corrected chi connectivity index (χ4v) is 3.46. The van der Waals surface area contributed by atoms with Gasteiger partial charge in [-0.2, -0.15) is 13.2 Å². The highest BCUT2D eigenvalue weighted by atomic mass is 19.4. The van der Waals surface area contributed by atoms with Crippen LogP contribution in [0.25, 0.3) is 0 Å². The molecule has 31 heavy (non-hydrogen) atoms. The van der Waals surface area contributed by atoms with Crippen molar-refractivity contribution in [3.63, 3.8) is 0 Å². The summed E-state index contributed by atoms with van der Waals surface area (Å²) < 4.78 is 51.1. The summed E-state index contributed by atoms with van der Waals surface area (Å²) in [6, 6.07) is 15.2. The molecule has 0 saturated carbocycles. The average Bonchev–Trinajstić information content (AvgIpc) is 2.77. The molecular weight excluding hydrogens is 405 g/mol. The summed E-state index contributed by atoms with van der Waals surface area (Å²) in [6.07, 6.45) is -0.362. The molecule has 0 aliphatic heterocycles. The Morgan fingerprint density at radius 1 is 0.839 bits per heavy atom. The fraction of sp³-hybridized carbons (Fsp3) is 0.292. The van der Waals surface area contributed by atoms with Gasteiger partial charge in [0.1, 0.15) is 0 Å². The van der Waals surface area contributed by atoms with Crippen molar-refractivity contribution < 1.29 is 22.6 Å². The number of halogens is 3. The van der Waals surface area contributed by atoms with E-state index in [1.807, 2.05) is 35.2 Å². The minimum Gasteiger partial charge on any atom is -0.493 e. The topological polar surface area (TPSA) is 34.6 Å². The lowest BCUT2D eigenvalue weighted by atomic mass is 10.1. The summed E-state index contributed by atoms with van der Waals surface area (Å²) in [6.45, 7) is 1.28. The second-order valence-electron chi connectivity index (χ2n) is 7.16. The molecule has 164 valence electrons. The van der Waals surface area contributed by atoms with Crippen LogP contribution in [0.5, 0.6) is 11.5 Å². The molecule has 1 heterocycles. The number of aromatic nitrogens is 1. The molecule has 0 bridgehead atoms. The SMILES string of the molecule is COc1ccc(CCN(Cc2ccncc2)Cc2ccccc2C(F)(F)F)cc1OC. The van der Waals surface area contributed by atoms with Crippen LogP contribution >= 0.6 is 0 Å². The summed E-state index contributed by atoms with van der Waals surface area (Å²) in [5, 5.41) is 0. The number of alkyl halides is 3. The molecule has 0 saturated heterocycles. The fourth-order valence-electron chi connectivity index (χ4n) is 3.46. The van der Waals surface area contributed by atoms with Gasteiger partial charge in [0.15, 0.2) is 11.5 Å². The zero-order valence-corrected chi connectivity index (χ0v) is 17.5. The van der Waals surface area contributed by atoms with Crippen molar-refractivity contribution in [1.29, 1.82) is 0 Å². The Labute approximate surface area is 180 Å². The number of hydrogen-bond acceptors (Lipinski definition) is 4. The molecule has 0 amide bonds. The maximum atomic E-state index is 13.5. The van der Waals surface area contributed by atoms with Crippen molar-refractivity contribution >= 4 is 0 Å². The molecule has 7 heteroatoms. The normalized spacial score (nSPS) is 11.5. The first-order chi connectivity index (χ1) is 14.9. The van der Waals surface area contributed by atoms with E-state index in [1.165, 1.54) is 6.07 Å². The molecule has 3 aromatic rings. The predicted molar refractivity (Wildman–Crippen MR) is 113 cm³/mol. The summed E-state index contributed by atoms with van der Waals surface area (Å²) in [5.74, 6) is 1.27. The summed E-state index contributed by atoms with van der Waals surface area (Å²) in [7, 11) is 3.15. The molecular formula is C24H25F3N2O2. The van der Waals surface area contributed by atoms with Gasteiger partial charge in [0.05, 0.1) is 19.8 Å². The highest BCUT2D eigenvalue weighted by Crippen LogP contribution is 2.33. The van der Waals surface area contributed by atoms with Crippen molar-refractivity contribution in [2.24, 2.45) is 0 Å². The molecule has 0 fully saturated rings. The van der Waals surface area contributed by atoms with Crippen molar-refractivity contribution in [1.82, 2.24) is 9.88 Å². The van der Waals surface area contributed by atoms with Gasteiger partial charge in [0.25, 0.3) is 0 Å². The average molecular weight is 430 g/mol. The Bertz CT molecular complexity index is 978. The number of benzene rings is 2. The van der Waals surface area contributed by atoms with Crippen LogP contribution in [-0.4, -0.2) is 30.6 Å². The van der Waals surface area contributed by atoms with Gasteiger partial charge in [-0.25, -0.2) is 0 Å². The first-order valence-corrected chi connectivity index (χ1v) is 9.88. The maximum Gasteiger partial charge on any atom is 0.416 e. The van der Waals surface area contributed by atoms with E-state index in [0.29, 0.717) is 31.0 Å². The number of ether oxygens (including phenoxy) is 2. The van der Waals surface area contributed by atoms with Gasteiger partial charge in [-0.3, -0.25) is 9.88 Å². The first kappa shape index (κ1) is 22.6. The molecule has 1 aromatic heterocycles. The minimum atomic E-state index is -4.39. The standard InChI is InChI=1S/C24H25F3N2O2/c1-30-22-8-7-18(15-23(22)31-2)11-14-29(16-19-9-12-28-13-10-19)17-20-5-3-4-6-21(20)24(25,26)27/h3-10,12-13,15H,11,14,16-17H2,1-2H3. The monoisotopic (exact) mass is 430 g/mol. The largest absolute Gasteiger partial charge is 0.493 e. The highest BCUT2D eigenvalue weighted by molar-refractivity contribution is 5.43. The minimum absolute atomic E-state index is 0.186. The lowest BCUT2D eigenvalue weighted by Gasteiger charge is -2.24. The Hall–Kier alpha value is -3.06. The van der Waals surface area contributed by atoms with E-state index in [0.717, 1.165) is 17.2 Å². The van der Waals surface area contributed by atoms with E-state index in [1.54, 1.807) is 38.7 Å². The first-order valence-electron chi connectivity index (χ1n) is 9.88. The molecule has 3 rings (SSSR count). The predicted octanol–water partition coefficient (Wildman–Crippen LogP) is 5.36. The smallest absolute Gasteiger partial charge is 0.416 e. The van der Waals surface area contributed by atoms with Crippen LogP contribution in [0.4, 0.5) is 13.2 Å². The zero-order valence-electron chi connectivity index (χ0n) is 17.5. The van der Waals surface area contributed by atoms with E-state index in [2.05, 4.69) is 4.98 Å². The van der Waals surface area contributed by atoms with Gasteiger partial charge in [0, 0.05) is 32.0 Å². The molecule has 0 aliphatic carbocycles. The molecule has 0 spiro atoms. The Kier molecular flexibility index (Phi) is 7.52. The van der Waals surface area contributed by atoms with E-state index in [9.17, 15) is 13.2 Å². The number of nitrogens with zero attached hydrogens (tertiary/aromatic N) is 2. The van der Waals surface area contributed by atoms with Gasteiger partial charge in [-0.05, 0) is 53.4 Å². The van der Waals surface area contributed by atoms with E-state index in [4.69, 9.17) is 9.47 Å². The molecule has 0 atom stereocenters. The molecule has 0 unspecified atom stereocenters. The van der Waals surface area contributed by atoms with Crippen molar-refractivity contribution in [2.75, 3.05) is 20.8 Å². The van der Waals surface area contributed by atoms with Crippen LogP contribution in [0.2, 0.25) is 0 Å². The number of pyridine rings is 1. The van der Waals surface area contributed by atoms with E-state index in [-0.39, 0.29) is 12.1 Å². The van der Waals surface area contributed by atoms with Crippen molar-refractivity contribution in [2.45, 2.75) is 25.7 Å².